The molecule has 0 saturated heterocycles. The van der Waals surface area contributed by atoms with Crippen LogP contribution in [0.5, 0.6) is 0 Å². The molecule has 0 spiro atoms. The standard InChI is InChI=1S/C14H14/c1-11-3-7-13(8-4-11)14-9-5-12(2)6-10-14/h3-10H,1-2H3/i7D,9D. The van der Waals surface area contributed by atoms with Crippen molar-refractivity contribution >= 4 is 0 Å². The predicted molar refractivity (Wildman–Crippen MR) is 61.4 cm³/mol. The molecule has 0 aliphatic carbocycles. The molecule has 0 radical (unpaired) electrons. The summed E-state index contributed by atoms with van der Waals surface area (Å²) in [5.74, 6) is 0. The SMILES string of the molecule is [2H]c1cc(C)ccc1-c1ccc(C)cc1[2H]. The number of benzene rings is 2. The minimum absolute atomic E-state index is 0.484. The van der Waals surface area contributed by atoms with Crippen molar-refractivity contribution in [2.75, 3.05) is 0 Å². The maximum absolute atomic E-state index is 7.92. The van der Waals surface area contributed by atoms with E-state index < -0.39 is 0 Å². The van der Waals surface area contributed by atoms with E-state index in [0.717, 1.165) is 22.3 Å². The van der Waals surface area contributed by atoms with Gasteiger partial charge in [-0.25, -0.2) is 0 Å². The minimum atomic E-state index is 0.484. The molecule has 0 saturated carbocycles. The quantitative estimate of drug-likeness (QED) is 0.629. The fraction of sp³-hybridized carbons (Fsp3) is 0.143. The average Bonchev–Trinajstić information content (AvgIpc) is 2.19. The van der Waals surface area contributed by atoms with Gasteiger partial charge in [-0.05, 0) is 25.0 Å². The Morgan fingerprint density at radius 1 is 0.714 bits per heavy atom. The number of hydrogen-bond donors (Lipinski definition) is 0. The van der Waals surface area contributed by atoms with Gasteiger partial charge in [0.05, 0.1) is 2.74 Å². The molecule has 0 amide bonds. The summed E-state index contributed by atoms with van der Waals surface area (Å²) in [6.07, 6.45) is 0. The molecule has 14 heavy (non-hydrogen) atoms. The van der Waals surface area contributed by atoms with Crippen LogP contribution in [0.25, 0.3) is 11.1 Å². The molecule has 0 aliphatic rings. The van der Waals surface area contributed by atoms with Crippen molar-refractivity contribution in [3.8, 4) is 11.1 Å². The Kier molecular flexibility index (Phi) is 1.79. The summed E-state index contributed by atoms with van der Waals surface area (Å²) in [5, 5.41) is 0. The van der Waals surface area contributed by atoms with Gasteiger partial charge in [-0.2, -0.15) is 0 Å². The van der Waals surface area contributed by atoms with Crippen molar-refractivity contribution in [1.82, 2.24) is 0 Å². The zero-order valence-corrected chi connectivity index (χ0v) is 8.46. The van der Waals surface area contributed by atoms with Crippen molar-refractivity contribution in [3.63, 3.8) is 0 Å². The maximum Gasteiger partial charge on any atom is 0.0629 e. The first-order valence-corrected chi connectivity index (χ1v) is 4.73. The summed E-state index contributed by atoms with van der Waals surface area (Å²) in [5.41, 5.74) is 3.81. The minimum Gasteiger partial charge on any atom is -0.0587 e. The van der Waals surface area contributed by atoms with Crippen LogP contribution < -0.4 is 0 Å². The summed E-state index contributed by atoms with van der Waals surface area (Å²) >= 11 is 0. The zero-order chi connectivity index (χ0) is 11.7. The van der Waals surface area contributed by atoms with Gasteiger partial charge in [-0.1, -0.05) is 59.6 Å². The molecular formula is C14H14. The fourth-order valence-corrected chi connectivity index (χ4v) is 1.34. The number of aryl methyl sites for hydroxylation is 2. The van der Waals surface area contributed by atoms with Gasteiger partial charge in [-0.15, -0.1) is 0 Å². The van der Waals surface area contributed by atoms with E-state index >= 15 is 0 Å². The Morgan fingerprint density at radius 3 is 1.50 bits per heavy atom. The highest BCUT2D eigenvalue weighted by Crippen LogP contribution is 2.19. The van der Waals surface area contributed by atoms with E-state index in [9.17, 15) is 0 Å². The summed E-state index contributed by atoms with van der Waals surface area (Å²) in [6.45, 7) is 3.94. The molecule has 0 nitrogen and oxygen atoms in total. The largest absolute Gasteiger partial charge is 0.0629 e. The van der Waals surface area contributed by atoms with Gasteiger partial charge in [0, 0.05) is 0 Å². The van der Waals surface area contributed by atoms with Gasteiger partial charge in [0.15, 0.2) is 0 Å². The first-order valence-electron chi connectivity index (χ1n) is 5.73. The second kappa shape index (κ2) is 3.67. The van der Waals surface area contributed by atoms with Crippen molar-refractivity contribution in [1.29, 1.82) is 0 Å². The first-order chi connectivity index (χ1) is 7.58. The normalized spacial score (nSPS) is 12.1. The first kappa shape index (κ1) is 6.83. The van der Waals surface area contributed by atoms with Crippen molar-refractivity contribution in [2.24, 2.45) is 0 Å². The average molecular weight is 184 g/mol. The molecule has 2 aromatic carbocycles. The third-order valence-corrected chi connectivity index (χ3v) is 2.23. The van der Waals surface area contributed by atoms with Crippen molar-refractivity contribution in [3.05, 3.63) is 59.6 Å². The van der Waals surface area contributed by atoms with E-state index in [4.69, 9.17) is 2.74 Å². The number of hydrogen-bond acceptors (Lipinski definition) is 0. The molecule has 0 heterocycles. The smallest absolute Gasteiger partial charge is 0.0587 e. The maximum atomic E-state index is 7.92. The van der Waals surface area contributed by atoms with Gasteiger partial charge < -0.3 is 0 Å². The fourth-order valence-electron chi connectivity index (χ4n) is 1.34. The van der Waals surface area contributed by atoms with E-state index in [1.807, 2.05) is 50.2 Å². The lowest BCUT2D eigenvalue weighted by Crippen LogP contribution is -1.78. The molecule has 0 aliphatic heterocycles. The lowest BCUT2D eigenvalue weighted by atomic mass is 10.0. The van der Waals surface area contributed by atoms with Crippen molar-refractivity contribution in [2.45, 2.75) is 13.8 Å². The van der Waals surface area contributed by atoms with Crippen LogP contribution in [0, 0.1) is 13.8 Å². The Bertz CT molecular complexity index is 481. The van der Waals surface area contributed by atoms with Gasteiger partial charge in [-0.3, -0.25) is 0 Å². The lowest BCUT2D eigenvalue weighted by molar-refractivity contribution is 1.45. The van der Waals surface area contributed by atoms with Gasteiger partial charge in [0.2, 0.25) is 0 Å². The van der Waals surface area contributed by atoms with Crippen LogP contribution in [0.15, 0.2) is 48.5 Å². The highest BCUT2D eigenvalue weighted by molar-refractivity contribution is 5.63. The molecule has 70 valence electrons. The third kappa shape index (κ3) is 1.85. The summed E-state index contributed by atoms with van der Waals surface area (Å²) in [6, 6.07) is 12.4. The highest BCUT2D eigenvalue weighted by atomic mass is 14.0. The van der Waals surface area contributed by atoms with Gasteiger partial charge in [0.1, 0.15) is 0 Å². The van der Waals surface area contributed by atoms with E-state index in [0.29, 0.717) is 12.1 Å². The third-order valence-electron chi connectivity index (χ3n) is 2.23. The van der Waals surface area contributed by atoms with Gasteiger partial charge in [0.25, 0.3) is 0 Å². The molecule has 0 N–H and O–H groups in total. The van der Waals surface area contributed by atoms with Crippen molar-refractivity contribution < 1.29 is 2.74 Å². The van der Waals surface area contributed by atoms with Crippen LogP contribution in [0.3, 0.4) is 0 Å². The number of rotatable bonds is 1. The Labute approximate surface area is 88.0 Å². The second-order valence-electron chi connectivity index (χ2n) is 3.56. The van der Waals surface area contributed by atoms with Crippen LogP contribution in [0.2, 0.25) is 0 Å². The van der Waals surface area contributed by atoms with Crippen LogP contribution >= 0.6 is 0 Å². The Balaban J connectivity index is 2.59. The van der Waals surface area contributed by atoms with Crippen LogP contribution in [0.4, 0.5) is 0 Å². The van der Waals surface area contributed by atoms with E-state index in [2.05, 4.69) is 0 Å². The molecule has 2 rings (SSSR count). The van der Waals surface area contributed by atoms with E-state index in [1.54, 1.807) is 0 Å². The Hall–Kier alpha value is -1.56. The highest BCUT2D eigenvalue weighted by Gasteiger charge is 1.95. The second-order valence-corrected chi connectivity index (χ2v) is 3.56. The molecule has 0 fully saturated rings. The zero-order valence-electron chi connectivity index (χ0n) is 10.5. The van der Waals surface area contributed by atoms with Crippen LogP contribution in [0.1, 0.15) is 13.9 Å². The predicted octanol–water partition coefficient (Wildman–Crippen LogP) is 3.97. The van der Waals surface area contributed by atoms with Crippen LogP contribution in [-0.2, 0) is 0 Å². The molecule has 0 unspecified atom stereocenters. The molecular weight excluding hydrogens is 168 g/mol. The van der Waals surface area contributed by atoms with E-state index in [-0.39, 0.29) is 0 Å². The molecule has 0 heteroatoms. The lowest BCUT2D eigenvalue weighted by Gasteiger charge is -2.02. The molecule has 0 atom stereocenters. The Morgan fingerprint density at radius 2 is 1.14 bits per heavy atom. The van der Waals surface area contributed by atoms with Crippen LogP contribution in [-0.4, -0.2) is 0 Å². The van der Waals surface area contributed by atoms with Gasteiger partial charge >= 0.3 is 0 Å². The summed E-state index contributed by atoms with van der Waals surface area (Å²) in [4.78, 5) is 0. The monoisotopic (exact) mass is 184 g/mol. The molecule has 2 aromatic rings. The molecule has 0 bridgehead atoms. The summed E-state index contributed by atoms with van der Waals surface area (Å²) < 4.78 is 15.8. The van der Waals surface area contributed by atoms with E-state index in [1.165, 1.54) is 0 Å². The molecule has 0 aromatic heterocycles. The topological polar surface area (TPSA) is 0 Å². The summed E-state index contributed by atoms with van der Waals surface area (Å²) in [7, 11) is 0.